The van der Waals surface area contributed by atoms with Crippen LogP contribution in [0.5, 0.6) is 0 Å². The summed E-state index contributed by atoms with van der Waals surface area (Å²) in [6, 6.07) is 0. The number of carbonyl (C=O) groups is 2. The van der Waals surface area contributed by atoms with E-state index in [1.54, 1.807) is 0 Å². The average molecular weight is 143 g/mol. The monoisotopic (exact) mass is 143 g/mol. The third-order valence-electron chi connectivity index (χ3n) is 0.780. The first-order valence-corrected chi connectivity index (χ1v) is 2.69. The van der Waals surface area contributed by atoms with Gasteiger partial charge in [0.05, 0.1) is 0 Å². The minimum Gasteiger partial charge on any atom is -0.295 e. The fourth-order valence-corrected chi connectivity index (χ4v) is 0.297. The Labute approximate surface area is 58.7 Å². The van der Waals surface area contributed by atoms with Crippen molar-refractivity contribution < 1.29 is 14.8 Å². The molecule has 0 atom stereocenters. The van der Waals surface area contributed by atoms with Crippen LogP contribution in [-0.2, 0) is 9.59 Å². The van der Waals surface area contributed by atoms with Crippen LogP contribution in [0.3, 0.4) is 0 Å². The molecule has 4 heteroatoms. The van der Waals surface area contributed by atoms with E-state index in [4.69, 9.17) is 5.21 Å². The summed E-state index contributed by atoms with van der Waals surface area (Å²) in [7, 11) is 1.19. The minimum absolute atomic E-state index is 0.227. The summed E-state index contributed by atoms with van der Waals surface area (Å²) in [5, 5.41) is 8.86. The molecule has 1 N–H and O–H groups in total. The maximum atomic E-state index is 10.5. The van der Waals surface area contributed by atoms with Crippen molar-refractivity contribution in [1.82, 2.24) is 5.06 Å². The van der Waals surface area contributed by atoms with Crippen LogP contribution < -0.4 is 0 Å². The summed E-state index contributed by atoms with van der Waals surface area (Å²) in [5.41, 5.74) is 0. The van der Waals surface area contributed by atoms with Crippen molar-refractivity contribution in [2.45, 2.75) is 6.92 Å². The Hall–Kier alpha value is -1.16. The van der Waals surface area contributed by atoms with Crippen LogP contribution in [0, 0.1) is 0 Å². The number of hydrogen-bond donors (Lipinski definition) is 1. The second-order valence-electron chi connectivity index (χ2n) is 1.81. The first-order valence-electron chi connectivity index (χ1n) is 2.69. The van der Waals surface area contributed by atoms with Crippen molar-refractivity contribution in [2.24, 2.45) is 0 Å². The van der Waals surface area contributed by atoms with Gasteiger partial charge in [-0.1, -0.05) is 0 Å². The van der Waals surface area contributed by atoms with E-state index in [-0.39, 0.29) is 5.78 Å². The maximum absolute atomic E-state index is 10.5. The fourth-order valence-electron chi connectivity index (χ4n) is 0.297. The standard InChI is InChI=1S/C6H9NO3/c1-5(8)3-4-6(9)7(2)10/h3-4,10H,1-2H3/b4-3-. The highest BCUT2D eigenvalue weighted by molar-refractivity contribution is 5.96. The number of amides is 1. The van der Waals surface area contributed by atoms with Crippen LogP contribution >= 0.6 is 0 Å². The van der Waals surface area contributed by atoms with Crippen molar-refractivity contribution in [2.75, 3.05) is 7.05 Å². The molecule has 4 nitrogen and oxygen atoms in total. The second-order valence-corrected chi connectivity index (χ2v) is 1.81. The highest BCUT2D eigenvalue weighted by Crippen LogP contribution is 1.81. The first-order chi connectivity index (χ1) is 4.54. The number of carbonyl (C=O) groups excluding carboxylic acids is 2. The first kappa shape index (κ1) is 8.84. The number of hydrogen-bond acceptors (Lipinski definition) is 3. The molecule has 0 saturated carbocycles. The molecule has 0 spiro atoms. The molecule has 0 unspecified atom stereocenters. The number of ketones is 1. The van der Waals surface area contributed by atoms with Gasteiger partial charge >= 0.3 is 0 Å². The summed E-state index contributed by atoms with van der Waals surface area (Å²) in [6.45, 7) is 1.32. The molecular formula is C6H9NO3. The van der Waals surface area contributed by atoms with Crippen molar-refractivity contribution in [1.29, 1.82) is 0 Å². The third-order valence-corrected chi connectivity index (χ3v) is 0.780. The van der Waals surface area contributed by atoms with Crippen LogP contribution in [0.2, 0.25) is 0 Å². The van der Waals surface area contributed by atoms with Gasteiger partial charge in [-0.15, -0.1) is 0 Å². The van der Waals surface area contributed by atoms with Crippen LogP contribution in [0.15, 0.2) is 12.2 Å². The average Bonchev–Trinajstić information content (AvgIpc) is 1.82. The summed E-state index contributed by atoms with van der Waals surface area (Å²) < 4.78 is 0. The number of nitrogens with zero attached hydrogens (tertiary/aromatic N) is 1. The van der Waals surface area contributed by atoms with E-state index < -0.39 is 5.91 Å². The molecule has 1 amide bonds. The largest absolute Gasteiger partial charge is 0.295 e. The van der Waals surface area contributed by atoms with E-state index in [2.05, 4.69) is 0 Å². The molecule has 0 aliphatic carbocycles. The predicted molar refractivity (Wildman–Crippen MR) is 34.4 cm³/mol. The molecule has 0 aromatic heterocycles. The number of allylic oxidation sites excluding steroid dienone is 1. The van der Waals surface area contributed by atoms with Gasteiger partial charge in [0, 0.05) is 13.1 Å². The van der Waals surface area contributed by atoms with E-state index in [0.717, 1.165) is 12.2 Å². The Kier molecular flexibility index (Phi) is 3.35. The molecule has 0 heterocycles. The van der Waals surface area contributed by atoms with Gasteiger partial charge in [0.2, 0.25) is 0 Å². The molecule has 0 aromatic rings. The molecule has 0 aromatic carbocycles. The lowest BCUT2D eigenvalue weighted by Gasteiger charge is -2.01. The molecular weight excluding hydrogens is 134 g/mol. The normalized spacial score (nSPS) is 9.90. The van der Waals surface area contributed by atoms with Crippen molar-refractivity contribution >= 4 is 11.7 Å². The molecule has 0 radical (unpaired) electrons. The summed E-state index contributed by atoms with van der Waals surface area (Å²) >= 11 is 0. The van der Waals surface area contributed by atoms with Crippen LogP contribution in [0.25, 0.3) is 0 Å². The Balaban J connectivity index is 3.90. The Morgan fingerprint density at radius 1 is 1.40 bits per heavy atom. The van der Waals surface area contributed by atoms with Crippen LogP contribution in [-0.4, -0.2) is 29.0 Å². The zero-order chi connectivity index (χ0) is 8.15. The van der Waals surface area contributed by atoms with E-state index in [1.165, 1.54) is 14.0 Å². The zero-order valence-electron chi connectivity index (χ0n) is 5.87. The van der Waals surface area contributed by atoms with Crippen LogP contribution in [0.4, 0.5) is 0 Å². The number of likely N-dealkylation sites (N-methyl/N-ethyl adjacent to an activating group) is 1. The lowest BCUT2D eigenvalue weighted by molar-refractivity contribution is -0.153. The van der Waals surface area contributed by atoms with Crippen LogP contribution in [0.1, 0.15) is 6.92 Å². The lowest BCUT2D eigenvalue weighted by atomic mass is 10.4. The van der Waals surface area contributed by atoms with Gasteiger partial charge in [-0.2, -0.15) is 0 Å². The van der Waals surface area contributed by atoms with Gasteiger partial charge in [-0.3, -0.25) is 14.8 Å². The molecule has 10 heavy (non-hydrogen) atoms. The topological polar surface area (TPSA) is 57.6 Å². The summed E-state index contributed by atoms with van der Waals surface area (Å²) in [6.07, 6.45) is 2.09. The molecule has 0 aliphatic rings. The highest BCUT2D eigenvalue weighted by atomic mass is 16.5. The number of hydroxylamine groups is 2. The van der Waals surface area contributed by atoms with E-state index >= 15 is 0 Å². The van der Waals surface area contributed by atoms with Crippen molar-refractivity contribution in [3.8, 4) is 0 Å². The SMILES string of the molecule is CC(=O)/C=C\C(=O)N(C)O. The van der Waals surface area contributed by atoms with E-state index in [9.17, 15) is 9.59 Å². The quantitative estimate of drug-likeness (QED) is 0.335. The van der Waals surface area contributed by atoms with Crippen molar-refractivity contribution in [3.05, 3.63) is 12.2 Å². The Morgan fingerprint density at radius 2 is 1.90 bits per heavy atom. The van der Waals surface area contributed by atoms with Gasteiger partial charge in [0.1, 0.15) is 0 Å². The zero-order valence-corrected chi connectivity index (χ0v) is 5.87. The predicted octanol–water partition coefficient (Wildman–Crippen LogP) is -0.0208. The lowest BCUT2D eigenvalue weighted by Crippen LogP contribution is -2.19. The Morgan fingerprint density at radius 3 is 2.20 bits per heavy atom. The van der Waals surface area contributed by atoms with E-state index in [0.29, 0.717) is 5.06 Å². The molecule has 0 aliphatic heterocycles. The summed E-state index contributed by atoms with van der Waals surface area (Å²) in [4.78, 5) is 20.7. The van der Waals surface area contributed by atoms with Gasteiger partial charge in [0.15, 0.2) is 5.78 Å². The minimum atomic E-state index is -0.616. The molecule has 0 rings (SSSR count). The molecule has 0 bridgehead atoms. The number of rotatable bonds is 2. The fraction of sp³-hybridized carbons (Fsp3) is 0.333. The molecule has 0 saturated heterocycles. The smallest absolute Gasteiger partial charge is 0.269 e. The third kappa shape index (κ3) is 3.80. The van der Waals surface area contributed by atoms with Gasteiger partial charge in [-0.25, -0.2) is 5.06 Å². The Bertz CT molecular complexity index is 172. The second kappa shape index (κ2) is 3.79. The van der Waals surface area contributed by atoms with Gasteiger partial charge in [0.25, 0.3) is 5.91 Å². The highest BCUT2D eigenvalue weighted by Gasteiger charge is 1.98. The van der Waals surface area contributed by atoms with Crippen molar-refractivity contribution in [3.63, 3.8) is 0 Å². The molecule has 0 fully saturated rings. The van der Waals surface area contributed by atoms with Gasteiger partial charge < -0.3 is 0 Å². The van der Waals surface area contributed by atoms with E-state index in [1.807, 2.05) is 0 Å². The molecule has 56 valence electrons. The summed E-state index contributed by atoms with van der Waals surface area (Å²) in [5.74, 6) is -0.842. The maximum Gasteiger partial charge on any atom is 0.269 e. The van der Waals surface area contributed by atoms with Gasteiger partial charge in [-0.05, 0) is 13.0 Å².